The second-order valence-electron chi connectivity index (χ2n) is 5.23. The number of hydrogen-bond donors (Lipinski definition) is 2. The van der Waals surface area contributed by atoms with Crippen LogP contribution in [0.15, 0.2) is 22.9 Å². The van der Waals surface area contributed by atoms with Crippen LogP contribution in [0, 0.1) is 0 Å². The van der Waals surface area contributed by atoms with E-state index in [4.69, 9.17) is 9.84 Å². The number of nitrogens with one attached hydrogen (secondary N) is 1. The molecule has 1 rings (SSSR count). The molecule has 1 heterocycles. The molecule has 0 radical (unpaired) electrons. The first-order valence-corrected chi connectivity index (χ1v) is 6.78. The van der Waals surface area contributed by atoms with Gasteiger partial charge in [0.2, 0.25) is 0 Å². The number of carbonyl (C=O) groups is 2. The second-order valence-corrected chi connectivity index (χ2v) is 6.15. The van der Waals surface area contributed by atoms with Crippen molar-refractivity contribution in [3.05, 3.63) is 28.5 Å². The van der Waals surface area contributed by atoms with Crippen molar-refractivity contribution in [3.8, 4) is 0 Å². The van der Waals surface area contributed by atoms with Gasteiger partial charge in [0.25, 0.3) is 0 Å². The molecule has 110 valence electrons. The van der Waals surface area contributed by atoms with Gasteiger partial charge in [-0.3, -0.25) is 9.78 Å². The van der Waals surface area contributed by atoms with Crippen molar-refractivity contribution in [1.82, 2.24) is 10.3 Å². The number of ether oxygens (including phenoxy) is 1. The lowest BCUT2D eigenvalue weighted by atomic mass is 10.1. The fourth-order valence-corrected chi connectivity index (χ4v) is 1.88. The van der Waals surface area contributed by atoms with Crippen molar-refractivity contribution in [1.29, 1.82) is 0 Å². The van der Waals surface area contributed by atoms with Crippen LogP contribution in [0.3, 0.4) is 0 Å². The Kier molecular flexibility index (Phi) is 5.50. The van der Waals surface area contributed by atoms with Gasteiger partial charge >= 0.3 is 12.1 Å². The maximum Gasteiger partial charge on any atom is 0.408 e. The van der Waals surface area contributed by atoms with E-state index in [0.717, 1.165) is 0 Å². The van der Waals surface area contributed by atoms with E-state index >= 15 is 0 Å². The summed E-state index contributed by atoms with van der Waals surface area (Å²) in [6, 6.07) is 1.00. The summed E-state index contributed by atoms with van der Waals surface area (Å²) in [5.41, 5.74) is -0.0551. The van der Waals surface area contributed by atoms with E-state index in [2.05, 4.69) is 26.2 Å². The third kappa shape index (κ3) is 6.01. The van der Waals surface area contributed by atoms with Crippen molar-refractivity contribution in [2.45, 2.75) is 38.8 Å². The quantitative estimate of drug-likeness (QED) is 0.876. The summed E-state index contributed by atoms with van der Waals surface area (Å²) < 4.78 is 5.83. The first kappa shape index (κ1) is 16.4. The topological polar surface area (TPSA) is 88.5 Å². The van der Waals surface area contributed by atoms with Crippen LogP contribution < -0.4 is 5.32 Å². The van der Waals surface area contributed by atoms with E-state index < -0.39 is 23.7 Å². The van der Waals surface area contributed by atoms with E-state index in [9.17, 15) is 9.59 Å². The minimum atomic E-state index is -1.02. The van der Waals surface area contributed by atoms with Gasteiger partial charge in [0.05, 0.1) is 12.5 Å². The van der Waals surface area contributed by atoms with Gasteiger partial charge in [-0.05, 0) is 48.3 Å². The molecule has 0 aliphatic rings. The zero-order valence-electron chi connectivity index (χ0n) is 11.5. The van der Waals surface area contributed by atoms with Gasteiger partial charge in [-0.1, -0.05) is 0 Å². The number of carbonyl (C=O) groups excluding carboxylic acids is 1. The molecule has 7 heteroatoms. The molecule has 1 atom stereocenters. The molecule has 0 spiro atoms. The lowest BCUT2D eigenvalue weighted by Gasteiger charge is -2.23. The number of nitrogens with zero attached hydrogens (tertiary/aromatic N) is 1. The number of halogens is 1. The Morgan fingerprint density at radius 3 is 2.60 bits per heavy atom. The number of rotatable bonds is 4. The van der Waals surface area contributed by atoms with E-state index in [0.29, 0.717) is 10.0 Å². The van der Waals surface area contributed by atoms with Gasteiger partial charge in [0, 0.05) is 16.9 Å². The lowest BCUT2D eigenvalue weighted by Crippen LogP contribution is -2.35. The monoisotopic (exact) mass is 344 g/mol. The molecule has 0 bridgehead atoms. The van der Waals surface area contributed by atoms with Gasteiger partial charge < -0.3 is 15.2 Å². The molecular weight excluding hydrogens is 328 g/mol. The number of pyridine rings is 1. The second kappa shape index (κ2) is 6.69. The number of amides is 1. The van der Waals surface area contributed by atoms with Crippen LogP contribution in [0.5, 0.6) is 0 Å². The predicted octanol–water partition coefficient (Wildman–Crippen LogP) is 2.88. The summed E-state index contributed by atoms with van der Waals surface area (Å²) in [7, 11) is 0. The summed E-state index contributed by atoms with van der Waals surface area (Å²) in [4.78, 5) is 26.6. The molecule has 2 N–H and O–H groups in total. The highest BCUT2D eigenvalue weighted by molar-refractivity contribution is 9.10. The molecule has 0 saturated heterocycles. The molecule has 1 amide bonds. The van der Waals surface area contributed by atoms with Crippen LogP contribution >= 0.6 is 15.9 Å². The largest absolute Gasteiger partial charge is 0.481 e. The first-order valence-electron chi connectivity index (χ1n) is 5.99. The SMILES string of the molecule is CC(C)(C)OC(=O)NC(CC(=O)O)c1cncc(Br)c1. The lowest BCUT2D eigenvalue weighted by molar-refractivity contribution is -0.137. The molecule has 0 saturated carbocycles. The number of alkyl carbamates (subject to hydrolysis) is 1. The fraction of sp³-hybridized carbons (Fsp3) is 0.462. The molecule has 1 aromatic heterocycles. The number of aromatic nitrogens is 1. The molecular formula is C13H17BrN2O4. The average Bonchev–Trinajstić information content (AvgIpc) is 2.24. The van der Waals surface area contributed by atoms with Crippen molar-refractivity contribution >= 4 is 28.0 Å². The molecule has 0 aliphatic heterocycles. The summed E-state index contributed by atoms with van der Waals surface area (Å²) in [5.74, 6) is -1.02. The fourth-order valence-electron chi connectivity index (χ4n) is 1.50. The van der Waals surface area contributed by atoms with Gasteiger partial charge in [-0.2, -0.15) is 0 Å². The van der Waals surface area contributed by atoms with Crippen molar-refractivity contribution in [2.75, 3.05) is 0 Å². The highest BCUT2D eigenvalue weighted by atomic mass is 79.9. The molecule has 0 fully saturated rings. The highest BCUT2D eigenvalue weighted by Gasteiger charge is 2.22. The molecule has 0 aromatic carbocycles. The molecule has 0 aliphatic carbocycles. The Bertz CT molecular complexity index is 499. The minimum absolute atomic E-state index is 0.253. The number of carboxylic acids is 1. The maximum atomic E-state index is 11.8. The minimum Gasteiger partial charge on any atom is -0.481 e. The molecule has 1 unspecified atom stereocenters. The molecule has 1 aromatic rings. The zero-order valence-corrected chi connectivity index (χ0v) is 13.1. The van der Waals surface area contributed by atoms with Crippen molar-refractivity contribution < 1.29 is 19.4 Å². The smallest absolute Gasteiger partial charge is 0.408 e. The third-order valence-electron chi connectivity index (χ3n) is 2.20. The van der Waals surface area contributed by atoms with Crippen LogP contribution in [-0.2, 0) is 9.53 Å². The van der Waals surface area contributed by atoms with Crippen LogP contribution in [0.25, 0.3) is 0 Å². The van der Waals surface area contributed by atoms with E-state index in [1.807, 2.05) is 0 Å². The average molecular weight is 345 g/mol. The number of carboxylic acid groups (broad SMARTS) is 1. The van der Waals surface area contributed by atoms with E-state index in [1.165, 1.54) is 6.20 Å². The predicted molar refractivity (Wildman–Crippen MR) is 76.3 cm³/mol. The van der Waals surface area contributed by atoms with E-state index in [1.54, 1.807) is 33.0 Å². The standard InChI is InChI=1S/C13H17BrN2O4/c1-13(2,3)20-12(19)16-10(5-11(17)18)8-4-9(14)7-15-6-8/h4,6-7,10H,5H2,1-3H3,(H,16,19)(H,17,18). The third-order valence-corrected chi connectivity index (χ3v) is 2.63. The Morgan fingerprint density at radius 1 is 1.45 bits per heavy atom. The van der Waals surface area contributed by atoms with Crippen LogP contribution in [0.2, 0.25) is 0 Å². The Morgan fingerprint density at radius 2 is 2.10 bits per heavy atom. The Hall–Kier alpha value is -1.63. The van der Waals surface area contributed by atoms with Crippen molar-refractivity contribution in [3.63, 3.8) is 0 Å². The number of hydrogen-bond acceptors (Lipinski definition) is 4. The summed E-state index contributed by atoms with van der Waals surface area (Å²) in [6.07, 6.45) is 2.17. The first-order chi connectivity index (χ1) is 9.17. The summed E-state index contributed by atoms with van der Waals surface area (Å²) in [6.45, 7) is 5.21. The van der Waals surface area contributed by atoms with Crippen LogP contribution in [0.4, 0.5) is 4.79 Å². The Balaban J connectivity index is 2.85. The Labute approximate surface area is 125 Å². The number of aliphatic carboxylic acids is 1. The summed E-state index contributed by atoms with van der Waals surface area (Å²) in [5, 5.41) is 11.5. The van der Waals surface area contributed by atoms with Crippen molar-refractivity contribution in [2.24, 2.45) is 0 Å². The highest BCUT2D eigenvalue weighted by Crippen LogP contribution is 2.20. The zero-order chi connectivity index (χ0) is 15.3. The maximum absolute atomic E-state index is 11.8. The molecule has 20 heavy (non-hydrogen) atoms. The van der Waals surface area contributed by atoms with E-state index in [-0.39, 0.29) is 6.42 Å². The van der Waals surface area contributed by atoms with Gasteiger partial charge in [0.1, 0.15) is 5.60 Å². The van der Waals surface area contributed by atoms with Gasteiger partial charge in [0.15, 0.2) is 0 Å². The van der Waals surface area contributed by atoms with Gasteiger partial charge in [-0.25, -0.2) is 4.79 Å². The molecule has 6 nitrogen and oxygen atoms in total. The van der Waals surface area contributed by atoms with Crippen LogP contribution in [-0.4, -0.2) is 27.8 Å². The van der Waals surface area contributed by atoms with Crippen LogP contribution in [0.1, 0.15) is 38.8 Å². The summed E-state index contributed by atoms with van der Waals surface area (Å²) >= 11 is 3.26. The normalized spacial score (nSPS) is 12.6. The van der Waals surface area contributed by atoms with Gasteiger partial charge in [-0.15, -0.1) is 0 Å².